The number of benzene rings is 3. The molecular formula is C26H20Br2N2O7S. The van der Waals surface area contributed by atoms with Crippen LogP contribution < -0.4 is 19.1 Å². The predicted molar refractivity (Wildman–Crippen MR) is 148 cm³/mol. The second-order valence-electron chi connectivity index (χ2n) is 8.27. The predicted octanol–water partition coefficient (Wildman–Crippen LogP) is 5.27. The summed E-state index contributed by atoms with van der Waals surface area (Å²) in [7, 11) is -2.87. The van der Waals surface area contributed by atoms with Gasteiger partial charge >= 0.3 is 16.1 Å². The second kappa shape index (κ2) is 10.7. The van der Waals surface area contributed by atoms with Crippen molar-refractivity contribution in [3.8, 4) is 11.5 Å². The zero-order valence-corrected chi connectivity index (χ0v) is 24.2. The Hall–Kier alpha value is -3.48. The van der Waals surface area contributed by atoms with E-state index in [0.29, 0.717) is 16.8 Å². The molecule has 0 bridgehead atoms. The van der Waals surface area contributed by atoms with Gasteiger partial charge in [-0.3, -0.25) is 14.9 Å². The third kappa shape index (κ3) is 5.52. The maximum atomic E-state index is 13.3. The molecule has 1 heterocycles. The van der Waals surface area contributed by atoms with Crippen LogP contribution in [0, 0.1) is 13.8 Å². The molecule has 1 fully saturated rings. The molecule has 0 aromatic heterocycles. The number of amides is 4. The van der Waals surface area contributed by atoms with Gasteiger partial charge < -0.3 is 8.92 Å². The fourth-order valence-corrected chi connectivity index (χ4v) is 5.76. The first-order valence-electron chi connectivity index (χ1n) is 11.0. The van der Waals surface area contributed by atoms with Gasteiger partial charge in [-0.15, -0.1) is 0 Å². The fraction of sp³-hybridized carbons (Fsp3) is 0.115. The van der Waals surface area contributed by atoms with Gasteiger partial charge in [-0.2, -0.15) is 8.42 Å². The summed E-state index contributed by atoms with van der Waals surface area (Å²) in [6.45, 7) is 3.56. The number of carbonyl (C=O) groups excluding carboxylic acids is 3. The van der Waals surface area contributed by atoms with Crippen molar-refractivity contribution in [1.82, 2.24) is 5.32 Å². The molecule has 0 radical (unpaired) electrons. The summed E-state index contributed by atoms with van der Waals surface area (Å²) in [4.78, 5) is 39.3. The summed E-state index contributed by atoms with van der Waals surface area (Å²) >= 11 is 6.63. The molecule has 12 heteroatoms. The number of hydrogen-bond acceptors (Lipinski definition) is 7. The normalized spacial score (nSPS) is 15.0. The molecule has 0 saturated carbocycles. The highest BCUT2D eigenvalue weighted by Crippen LogP contribution is 2.39. The van der Waals surface area contributed by atoms with E-state index in [-0.39, 0.29) is 26.4 Å². The second-order valence-corrected chi connectivity index (χ2v) is 11.6. The van der Waals surface area contributed by atoms with Gasteiger partial charge in [0.2, 0.25) is 0 Å². The summed E-state index contributed by atoms with van der Waals surface area (Å²) in [6, 6.07) is 13.1. The lowest BCUT2D eigenvalue weighted by Crippen LogP contribution is -2.54. The summed E-state index contributed by atoms with van der Waals surface area (Å²) in [5.41, 5.74) is 1.85. The van der Waals surface area contributed by atoms with Gasteiger partial charge in [-0.1, -0.05) is 33.6 Å². The van der Waals surface area contributed by atoms with Crippen LogP contribution in [-0.4, -0.2) is 33.4 Å². The van der Waals surface area contributed by atoms with Gasteiger partial charge in [0, 0.05) is 4.47 Å². The topological polar surface area (TPSA) is 119 Å². The van der Waals surface area contributed by atoms with E-state index in [0.717, 1.165) is 14.9 Å². The van der Waals surface area contributed by atoms with Crippen molar-refractivity contribution in [1.29, 1.82) is 0 Å². The Balaban J connectivity index is 1.71. The van der Waals surface area contributed by atoms with Crippen LogP contribution >= 0.6 is 31.9 Å². The average molecular weight is 664 g/mol. The van der Waals surface area contributed by atoms with Crippen molar-refractivity contribution in [2.75, 3.05) is 12.0 Å². The molecule has 1 aliphatic rings. The SMILES string of the molecule is COc1cc(/C=C2/C(=O)NC(=O)N(c3ccc(Br)cc3C)C2=O)cc(Br)c1OS(=O)(=O)c1ccc(C)cc1. The van der Waals surface area contributed by atoms with Crippen LogP contribution in [0.4, 0.5) is 10.5 Å². The molecule has 0 spiro atoms. The molecule has 0 atom stereocenters. The van der Waals surface area contributed by atoms with Gasteiger partial charge in [0.25, 0.3) is 11.8 Å². The number of carbonyl (C=O) groups is 3. The maximum absolute atomic E-state index is 13.3. The molecule has 196 valence electrons. The number of anilines is 1. The van der Waals surface area contributed by atoms with E-state index >= 15 is 0 Å². The van der Waals surface area contributed by atoms with Crippen LogP contribution in [-0.2, 0) is 19.7 Å². The molecule has 3 aromatic rings. The zero-order chi connectivity index (χ0) is 27.8. The fourth-order valence-electron chi connectivity index (χ4n) is 3.68. The third-order valence-electron chi connectivity index (χ3n) is 5.57. The number of urea groups is 1. The van der Waals surface area contributed by atoms with Crippen molar-refractivity contribution in [3.05, 3.63) is 85.8 Å². The largest absolute Gasteiger partial charge is 0.493 e. The van der Waals surface area contributed by atoms with Crippen LogP contribution in [0.2, 0.25) is 0 Å². The summed E-state index contributed by atoms with van der Waals surface area (Å²) in [5.74, 6) is -1.77. The minimum atomic E-state index is -4.19. The van der Waals surface area contributed by atoms with E-state index in [2.05, 4.69) is 37.2 Å². The van der Waals surface area contributed by atoms with Crippen LogP contribution in [0.3, 0.4) is 0 Å². The number of nitrogens with zero attached hydrogens (tertiary/aromatic N) is 1. The maximum Gasteiger partial charge on any atom is 0.339 e. The number of ether oxygens (including phenoxy) is 1. The van der Waals surface area contributed by atoms with Gasteiger partial charge in [-0.05, 0) is 89.4 Å². The zero-order valence-electron chi connectivity index (χ0n) is 20.2. The molecule has 38 heavy (non-hydrogen) atoms. The highest BCUT2D eigenvalue weighted by Gasteiger charge is 2.37. The van der Waals surface area contributed by atoms with Crippen LogP contribution in [0.1, 0.15) is 16.7 Å². The van der Waals surface area contributed by atoms with Crippen LogP contribution in [0.15, 0.2) is 74.0 Å². The lowest BCUT2D eigenvalue weighted by molar-refractivity contribution is -0.122. The van der Waals surface area contributed by atoms with Crippen molar-refractivity contribution in [2.24, 2.45) is 0 Å². The van der Waals surface area contributed by atoms with Gasteiger partial charge in [0.15, 0.2) is 11.5 Å². The Morgan fingerprint density at radius 2 is 1.63 bits per heavy atom. The van der Waals surface area contributed by atoms with E-state index in [1.807, 2.05) is 6.92 Å². The Bertz CT molecular complexity index is 1620. The van der Waals surface area contributed by atoms with Crippen molar-refractivity contribution in [3.63, 3.8) is 0 Å². The van der Waals surface area contributed by atoms with E-state index in [4.69, 9.17) is 8.92 Å². The lowest BCUT2D eigenvalue weighted by Gasteiger charge is -2.27. The third-order valence-corrected chi connectivity index (χ3v) is 7.88. The standard InChI is InChI=1S/C26H20Br2N2O7S/c1-14-4-7-18(8-5-14)38(34,35)37-23-20(28)12-16(13-22(23)36-3)11-19-24(31)29-26(33)30(25(19)32)21-9-6-17(27)10-15(21)2/h4-13H,1-3H3,(H,29,31,33)/b19-11-. The number of rotatable bonds is 6. The number of nitrogens with one attached hydrogen (secondary N) is 1. The van der Waals surface area contributed by atoms with Crippen LogP contribution in [0.25, 0.3) is 6.08 Å². The molecule has 1 saturated heterocycles. The average Bonchev–Trinajstić information content (AvgIpc) is 2.84. The highest BCUT2D eigenvalue weighted by atomic mass is 79.9. The Labute approximate surface area is 235 Å². The Kier molecular flexibility index (Phi) is 7.77. The molecule has 1 aliphatic heterocycles. The molecule has 0 unspecified atom stereocenters. The number of barbiturate groups is 1. The van der Waals surface area contributed by atoms with E-state index < -0.39 is 28.0 Å². The highest BCUT2D eigenvalue weighted by molar-refractivity contribution is 9.10. The molecular weight excluding hydrogens is 644 g/mol. The smallest absolute Gasteiger partial charge is 0.339 e. The number of imide groups is 2. The van der Waals surface area contributed by atoms with Gasteiger partial charge in [0.1, 0.15) is 10.5 Å². The minimum Gasteiger partial charge on any atom is -0.493 e. The lowest BCUT2D eigenvalue weighted by atomic mass is 10.1. The minimum absolute atomic E-state index is 0.0299. The molecule has 4 amide bonds. The molecule has 0 aliphatic carbocycles. The molecule has 1 N–H and O–H groups in total. The van der Waals surface area contributed by atoms with Crippen molar-refractivity contribution in [2.45, 2.75) is 18.7 Å². The van der Waals surface area contributed by atoms with E-state index in [9.17, 15) is 22.8 Å². The van der Waals surface area contributed by atoms with Crippen molar-refractivity contribution < 1.29 is 31.7 Å². The molecule has 3 aromatic carbocycles. The number of hydrogen-bond donors (Lipinski definition) is 1. The Morgan fingerprint density at radius 3 is 2.26 bits per heavy atom. The number of halogens is 2. The number of methoxy groups -OCH3 is 1. The number of aryl methyl sites for hydroxylation is 2. The van der Waals surface area contributed by atoms with E-state index in [1.54, 1.807) is 37.3 Å². The van der Waals surface area contributed by atoms with E-state index in [1.165, 1.54) is 37.5 Å². The van der Waals surface area contributed by atoms with Crippen molar-refractivity contribution >= 4 is 71.6 Å². The molecule has 4 rings (SSSR count). The quantitative estimate of drug-likeness (QED) is 0.217. The van der Waals surface area contributed by atoms with Gasteiger partial charge in [-0.25, -0.2) is 9.69 Å². The summed E-state index contributed by atoms with van der Waals surface area (Å²) < 4.78 is 37.3. The monoisotopic (exact) mass is 662 g/mol. The Morgan fingerprint density at radius 1 is 0.947 bits per heavy atom. The van der Waals surface area contributed by atoms with Crippen LogP contribution in [0.5, 0.6) is 11.5 Å². The first-order chi connectivity index (χ1) is 17.9. The molecule has 9 nitrogen and oxygen atoms in total. The first-order valence-corrected chi connectivity index (χ1v) is 14.0. The summed E-state index contributed by atoms with van der Waals surface area (Å²) in [6.07, 6.45) is 1.27. The first kappa shape index (κ1) is 27.6. The summed E-state index contributed by atoms with van der Waals surface area (Å²) in [5, 5.41) is 2.18. The van der Waals surface area contributed by atoms with Gasteiger partial charge in [0.05, 0.1) is 17.3 Å².